The van der Waals surface area contributed by atoms with Gasteiger partial charge in [-0.05, 0) is 98.7 Å². The van der Waals surface area contributed by atoms with E-state index in [0.717, 1.165) is 25.7 Å². The molecule has 0 radical (unpaired) electrons. The van der Waals surface area contributed by atoms with Crippen molar-refractivity contribution in [2.45, 2.75) is 125 Å². The van der Waals surface area contributed by atoms with Crippen LogP contribution in [-0.4, -0.2) is 28.7 Å². The first-order chi connectivity index (χ1) is 15.2. The highest BCUT2D eigenvalue weighted by Gasteiger charge is 2.65. The van der Waals surface area contributed by atoms with Crippen LogP contribution in [0.4, 0.5) is 0 Å². The lowest BCUT2D eigenvalue weighted by molar-refractivity contribution is -0.146. The molecule has 3 heteroatoms. The van der Waals surface area contributed by atoms with Crippen molar-refractivity contribution in [3.8, 4) is 0 Å². The standard InChI is InChI=1S/C30H48O3/c1-18(17-22(31)25-27(4,5)33-25)19-11-15-30(8)21-9-10-23-26(2,3)24(32)13-14-28(23,6)20(21)12-16-29(19,30)7/h9,18-20,22-23,25,31H,10-17H2,1-8H3/t18?,19?,20-,22?,23-,25?,28+,29-,30+/m0/s1. The lowest BCUT2D eigenvalue weighted by Crippen LogP contribution is -2.57. The Balaban J connectivity index is 1.41. The Morgan fingerprint density at radius 3 is 2.36 bits per heavy atom. The second-order valence-corrected chi connectivity index (χ2v) is 14.5. The van der Waals surface area contributed by atoms with Gasteiger partial charge in [-0.15, -0.1) is 0 Å². The maximum Gasteiger partial charge on any atom is 0.138 e. The van der Waals surface area contributed by atoms with Crippen LogP contribution in [0.3, 0.4) is 0 Å². The molecule has 0 bridgehead atoms. The van der Waals surface area contributed by atoms with Crippen molar-refractivity contribution in [2.75, 3.05) is 0 Å². The molecule has 4 aliphatic carbocycles. The van der Waals surface area contributed by atoms with Crippen LogP contribution >= 0.6 is 0 Å². The van der Waals surface area contributed by atoms with Gasteiger partial charge in [0.25, 0.3) is 0 Å². The van der Waals surface area contributed by atoms with Crippen molar-refractivity contribution in [2.24, 2.45) is 45.3 Å². The van der Waals surface area contributed by atoms with Crippen LogP contribution in [0.15, 0.2) is 11.6 Å². The SMILES string of the molecule is CC(CC(O)C1OC1(C)C)C1CC[C@]2(C)C3=CC[C@H]4C(C)(C)C(=O)CC[C@]4(C)[C@H]3CC[C@@]12C. The number of allylic oxidation sites excluding steroid dienone is 2. The third-order valence-electron chi connectivity index (χ3n) is 12.4. The highest BCUT2D eigenvalue weighted by atomic mass is 16.6. The number of Topliss-reactive ketones (excluding diaryl/α,β-unsaturated/α-hetero) is 1. The molecule has 1 N–H and O–H groups in total. The summed E-state index contributed by atoms with van der Waals surface area (Å²) in [6.45, 7) is 18.7. The molecule has 3 saturated carbocycles. The van der Waals surface area contributed by atoms with E-state index in [-0.39, 0.29) is 39.5 Å². The van der Waals surface area contributed by atoms with Gasteiger partial charge in [-0.25, -0.2) is 0 Å². The zero-order valence-corrected chi connectivity index (χ0v) is 22.5. The molecular formula is C30H48O3. The lowest BCUT2D eigenvalue weighted by atomic mass is 9.41. The van der Waals surface area contributed by atoms with Crippen LogP contribution in [0.5, 0.6) is 0 Å². The molecule has 1 aliphatic heterocycles. The molecule has 1 heterocycles. The number of ketones is 1. The largest absolute Gasteiger partial charge is 0.390 e. The number of carbonyl (C=O) groups is 1. The third-order valence-corrected chi connectivity index (χ3v) is 12.4. The summed E-state index contributed by atoms with van der Waals surface area (Å²) >= 11 is 0. The number of hydrogen-bond acceptors (Lipinski definition) is 3. The molecule has 3 nitrogen and oxygen atoms in total. The van der Waals surface area contributed by atoms with E-state index in [0.29, 0.717) is 29.5 Å². The predicted molar refractivity (Wildman–Crippen MR) is 133 cm³/mol. The monoisotopic (exact) mass is 456 g/mol. The molecule has 0 aromatic carbocycles. The predicted octanol–water partition coefficient (Wildman–Crippen LogP) is 6.73. The number of epoxide rings is 1. The second-order valence-electron chi connectivity index (χ2n) is 14.5. The van der Waals surface area contributed by atoms with Gasteiger partial charge in [0.2, 0.25) is 0 Å². The molecule has 0 amide bonds. The summed E-state index contributed by atoms with van der Waals surface area (Å²) in [6.07, 6.45) is 11.1. The van der Waals surface area contributed by atoms with E-state index in [9.17, 15) is 9.90 Å². The number of carbonyl (C=O) groups excluding carboxylic acids is 1. The number of aliphatic hydroxyl groups is 1. The summed E-state index contributed by atoms with van der Waals surface area (Å²) < 4.78 is 5.75. The zero-order valence-electron chi connectivity index (χ0n) is 22.5. The van der Waals surface area contributed by atoms with Crippen molar-refractivity contribution < 1.29 is 14.6 Å². The Kier molecular flexibility index (Phi) is 5.24. The quantitative estimate of drug-likeness (QED) is 0.377. The van der Waals surface area contributed by atoms with E-state index < -0.39 is 0 Å². The Morgan fingerprint density at radius 1 is 1.06 bits per heavy atom. The van der Waals surface area contributed by atoms with E-state index in [1.807, 2.05) is 0 Å². The van der Waals surface area contributed by atoms with E-state index in [2.05, 4.69) is 61.5 Å². The lowest BCUT2D eigenvalue weighted by Gasteiger charge is -2.63. The van der Waals surface area contributed by atoms with Crippen LogP contribution in [0.25, 0.3) is 0 Å². The van der Waals surface area contributed by atoms with Gasteiger partial charge in [0.05, 0.1) is 11.7 Å². The Hall–Kier alpha value is -0.670. The molecule has 1 saturated heterocycles. The molecular weight excluding hydrogens is 408 g/mol. The van der Waals surface area contributed by atoms with E-state index in [4.69, 9.17) is 4.74 Å². The molecule has 0 spiro atoms. The minimum atomic E-state index is -0.350. The highest BCUT2D eigenvalue weighted by molar-refractivity contribution is 5.85. The number of hydrogen-bond donors (Lipinski definition) is 1. The Bertz CT molecular complexity index is 870. The average molecular weight is 457 g/mol. The molecule has 0 aromatic heterocycles. The van der Waals surface area contributed by atoms with E-state index in [1.165, 1.54) is 25.7 Å². The topological polar surface area (TPSA) is 49.8 Å². The fourth-order valence-electron chi connectivity index (χ4n) is 9.97. The highest BCUT2D eigenvalue weighted by Crippen LogP contribution is 2.73. The number of rotatable bonds is 4. The normalized spacial score (nSPS) is 49.4. The number of fused-ring (bicyclic) bond motifs is 5. The van der Waals surface area contributed by atoms with E-state index >= 15 is 0 Å². The average Bonchev–Trinajstić information content (AvgIpc) is 3.26. The van der Waals surface area contributed by atoms with E-state index in [1.54, 1.807) is 5.57 Å². The van der Waals surface area contributed by atoms with Gasteiger partial charge in [0.15, 0.2) is 0 Å². The minimum Gasteiger partial charge on any atom is -0.390 e. The molecule has 4 unspecified atom stereocenters. The number of ether oxygens (including phenoxy) is 1. The summed E-state index contributed by atoms with van der Waals surface area (Å²) in [5.41, 5.74) is 2.17. The smallest absolute Gasteiger partial charge is 0.138 e. The van der Waals surface area contributed by atoms with Gasteiger partial charge in [-0.3, -0.25) is 4.79 Å². The van der Waals surface area contributed by atoms with Crippen LogP contribution in [-0.2, 0) is 9.53 Å². The third kappa shape index (κ3) is 3.16. The van der Waals surface area contributed by atoms with Crippen molar-refractivity contribution in [1.29, 1.82) is 0 Å². The number of aliphatic hydroxyl groups excluding tert-OH is 1. The first-order valence-corrected chi connectivity index (χ1v) is 13.8. The summed E-state index contributed by atoms with van der Waals surface area (Å²) in [7, 11) is 0. The molecule has 5 aliphatic rings. The molecule has 186 valence electrons. The maximum absolute atomic E-state index is 12.8. The van der Waals surface area contributed by atoms with Crippen LogP contribution in [0, 0.1) is 45.3 Å². The van der Waals surface area contributed by atoms with Gasteiger partial charge in [-0.2, -0.15) is 0 Å². The van der Waals surface area contributed by atoms with Gasteiger partial charge in [-0.1, -0.05) is 53.2 Å². The Labute approximate surface area is 202 Å². The van der Waals surface area contributed by atoms with Gasteiger partial charge >= 0.3 is 0 Å². The van der Waals surface area contributed by atoms with Crippen LogP contribution in [0.2, 0.25) is 0 Å². The summed E-state index contributed by atoms with van der Waals surface area (Å²) in [4.78, 5) is 12.8. The fraction of sp³-hybridized carbons (Fsp3) is 0.900. The molecule has 33 heavy (non-hydrogen) atoms. The minimum absolute atomic E-state index is 0.00609. The summed E-state index contributed by atoms with van der Waals surface area (Å²) in [5.74, 6) is 2.73. The van der Waals surface area contributed by atoms with Gasteiger partial charge < -0.3 is 9.84 Å². The zero-order chi connectivity index (χ0) is 24.2. The maximum atomic E-state index is 12.8. The molecule has 9 atom stereocenters. The van der Waals surface area contributed by atoms with Crippen LogP contribution in [0.1, 0.15) is 107 Å². The summed E-state index contributed by atoms with van der Waals surface area (Å²) in [5, 5.41) is 10.9. The van der Waals surface area contributed by atoms with Crippen molar-refractivity contribution >= 4 is 5.78 Å². The molecule has 5 rings (SSSR count). The first-order valence-electron chi connectivity index (χ1n) is 13.8. The van der Waals surface area contributed by atoms with Crippen molar-refractivity contribution in [3.63, 3.8) is 0 Å². The van der Waals surface area contributed by atoms with Crippen molar-refractivity contribution in [1.82, 2.24) is 0 Å². The van der Waals surface area contributed by atoms with Gasteiger partial charge in [0, 0.05) is 11.8 Å². The first kappa shape index (κ1) is 24.0. The van der Waals surface area contributed by atoms with Crippen LogP contribution < -0.4 is 0 Å². The fourth-order valence-corrected chi connectivity index (χ4v) is 9.97. The molecule has 0 aromatic rings. The molecule has 4 fully saturated rings. The van der Waals surface area contributed by atoms with Crippen molar-refractivity contribution in [3.05, 3.63) is 11.6 Å². The second kappa shape index (κ2) is 7.19. The van der Waals surface area contributed by atoms with Gasteiger partial charge in [0.1, 0.15) is 11.9 Å². The Morgan fingerprint density at radius 2 is 1.73 bits per heavy atom. The summed E-state index contributed by atoms with van der Waals surface area (Å²) in [6, 6.07) is 0.